The van der Waals surface area contributed by atoms with E-state index in [1.807, 2.05) is 31.2 Å². The van der Waals surface area contributed by atoms with E-state index in [0.717, 1.165) is 11.3 Å². The van der Waals surface area contributed by atoms with E-state index in [9.17, 15) is 9.90 Å². The molecule has 2 aromatic rings. The maximum absolute atomic E-state index is 12.3. The average molecular weight is 256 g/mol. The summed E-state index contributed by atoms with van der Waals surface area (Å²) in [7, 11) is 1.71. The number of phenolic OH excluding ortho intramolecular Hbond substituents is 1. The summed E-state index contributed by atoms with van der Waals surface area (Å²) in [6, 6.07) is 12.1. The van der Waals surface area contributed by atoms with Crippen LogP contribution in [0, 0.1) is 6.92 Å². The van der Waals surface area contributed by atoms with E-state index in [1.165, 1.54) is 12.1 Å². The molecule has 4 nitrogen and oxygen atoms in total. The number of carbonyl (C=O) groups excluding carboxylic acids is 1. The number of para-hydroxylation sites is 1. The number of anilines is 2. The fourth-order valence-corrected chi connectivity index (χ4v) is 1.92. The Morgan fingerprint density at radius 2 is 1.89 bits per heavy atom. The van der Waals surface area contributed by atoms with Gasteiger partial charge in [-0.2, -0.15) is 0 Å². The first kappa shape index (κ1) is 13.0. The van der Waals surface area contributed by atoms with Crippen molar-refractivity contribution in [1.82, 2.24) is 0 Å². The highest BCUT2D eigenvalue weighted by atomic mass is 16.3. The lowest BCUT2D eigenvalue weighted by atomic mass is 10.1. The van der Waals surface area contributed by atoms with Gasteiger partial charge in [-0.3, -0.25) is 4.79 Å². The summed E-state index contributed by atoms with van der Waals surface area (Å²) in [6.07, 6.45) is 0. The highest BCUT2D eigenvalue weighted by Crippen LogP contribution is 2.24. The number of nitrogens with zero attached hydrogens (tertiary/aromatic N) is 1. The quantitative estimate of drug-likeness (QED) is 0.641. The molecular weight excluding hydrogens is 240 g/mol. The molecule has 0 aliphatic heterocycles. The lowest BCUT2D eigenvalue weighted by Crippen LogP contribution is -2.26. The largest absolute Gasteiger partial charge is 0.506 e. The molecule has 19 heavy (non-hydrogen) atoms. The zero-order valence-corrected chi connectivity index (χ0v) is 10.9. The Hall–Kier alpha value is -2.49. The Morgan fingerprint density at radius 1 is 1.21 bits per heavy atom. The number of carbonyl (C=O) groups is 1. The van der Waals surface area contributed by atoms with E-state index < -0.39 is 0 Å². The average Bonchev–Trinajstić information content (AvgIpc) is 2.41. The van der Waals surface area contributed by atoms with Gasteiger partial charge < -0.3 is 15.7 Å². The number of benzene rings is 2. The van der Waals surface area contributed by atoms with Crippen LogP contribution in [-0.2, 0) is 0 Å². The minimum atomic E-state index is -0.190. The number of rotatable bonds is 2. The molecule has 2 aromatic carbocycles. The van der Waals surface area contributed by atoms with Crippen molar-refractivity contribution in [2.75, 3.05) is 17.7 Å². The molecule has 0 spiro atoms. The fraction of sp³-hybridized carbons (Fsp3) is 0.133. The molecule has 0 heterocycles. The van der Waals surface area contributed by atoms with Crippen LogP contribution >= 0.6 is 0 Å². The standard InChI is InChI=1S/C15H16N2O2/c1-10-5-3-4-6-13(10)17(2)15(19)11-7-8-12(16)14(18)9-11/h3-9,18H,16H2,1-2H3. The Bertz CT molecular complexity index is 623. The first-order chi connectivity index (χ1) is 9.00. The summed E-state index contributed by atoms with van der Waals surface area (Å²) in [5, 5.41) is 9.56. The molecular formula is C15H16N2O2. The maximum atomic E-state index is 12.3. The number of aromatic hydroxyl groups is 1. The first-order valence-corrected chi connectivity index (χ1v) is 5.93. The predicted octanol–water partition coefficient (Wildman–Crippen LogP) is 2.56. The normalized spacial score (nSPS) is 10.2. The van der Waals surface area contributed by atoms with E-state index in [2.05, 4.69) is 0 Å². The molecule has 0 bridgehead atoms. The number of hydrogen-bond donors (Lipinski definition) is 2. The van der Waals surface area contributed by atoms with Crippen molar-refractivity contribution < 1.29 is 9.90 Å². The highest BCUT2D eigenvalue weighted by Gasteiger charge is 2.15. The third kappa shape index (κ3) is 2.52. The third-order valence-corrected chi connectivity index (χ3v) is 3.06. The molecule has 98 valence electrons. The molecule has 0 unspecified atom stereocenters. The topological polar surface area (TPSA) is 66.6 Å². The number of hydrogen-bond acceptors (Lipinski definition) is 3. The third-order valence-electron chi connectivity index (χ3n) is 3.06. The number of amides is 1. The molecule has 0 aromatic heterocycles. The van der Waals surface area contributed by atoms with Crippen LogP contribution in [0.4, 0.5) is 11.4 Å². The van der Waals surface area contributed by atoms with Crippen molar-refractivity contribution in [3.63, 3.8) is 0 Å². The minimum Gasteiger partial charge on any atom is -0.506 e. The maximum Gasteiger partial charge on any atom is 0.258 e. The molecule has 2 rings (SSSR count). The molecule has 0 saturated carbocycles. The van der Waals surface area contributed by atoms with Crippen molar-refractivity contribution in [3.05, 3.63) is 53.6 Å². The Labute approximate surface area is 112 Å². The first-order valence-electron chi connectivity index (χ1n) is 5.93. The van der Waals surface area contributed by atoms with Crippen molar-refractivity contribution in [2.24, 2.45) is 0 Å². The molecule has 4 heteroatoms. The minimum absolute atomic E-state index is 0.0796. The lowest BCUT2D eigenvalue weighted by molar-refractivity contribution is 0.0992. The summed E-state index contributed by atoms with van der Waals surface area (Å²) in [5.74, 6) is -0.270. The molecule has 0 aliphatic carbocycles. The zero-order chi connectivity index (χ0) is 14.0. The van der Waals surface area contributed by atoms with E-state index in [0.29, 0.717) is 5.56 Å². The van der Waals surface area contributed by atoms with E-state index in [-0.39, 0.29) is 17.3 Å². The zero-order valence-electron chi connectivity index (χ0n) is 10.9. The summed E-state index contributed by atoms with van der Waals surface area (Å²) in [6.45, 7) is 1.94. The van der Waals surface area contributed by atoms with Crippen LogP contribution in [0.2, 0.25) is 0 Å². The molecule has 0 fully saturated rings. The van der Waals surface area contributed by atoms with Crippen molar-refractivity contribution in [1.29, 1.82) is 0 Å². The van der Waals surface area contributed by atoms with Crippen LogP contribution < -0.4 is 10.6 Å². The van der Waals surface area contributed by atoms with Crippen molar-refractivity contribution in [2.45, 2.75) is 6.92 Å². The Morgan fingerprint density at radius 3 is 2.53 bits per heavy atom. The smallest absolute Gasteiger partial charge is 0.258 e. The molecule has 0 saturated heterocycles. The molecule has 0 atom stereocenters. The second-order valence-corrected chi connectivity index (χ2v) is 4.42. The molecule has 0 radical (unpaired) electrons. The van der Waals surface area contributed by atoms with Gasteiger partial charge in [0.25, 0.3) is 5.91 Å². The lowest BCUT2D eigenvalue weighted by Gasteiger charge is -2.19. The van der Waals surface area contributed by atoms with Crippen LogP contribution in [-0.4, -0.2) is 18.1 Å². The molecule has 0 aliphatic rings. The van der Waals surface area contributed by atoms with Gasteiger partial charge >= 0.3 is 0 Å². The van der Waals surface area contributed by atoms with Gasteiger partial charge in [-0.15, -0.1) is 0 Å². The van der Waals surface area contributed by atoms with Gasteiger partial charge in [0.1, 0.15) is 5.75 Å². The second kappa shape index (κ2) is 5.02. The second-order valence-electron chi connectivity index (χ2n) is 4.42. The Balaban J connectivity index is 2.34. The predicted molar refractivity (Wildman–Crippen MR) is 76.4 cm³/mol. The van der Waals surface area contributed by atoms with Crippen LogP contribution in [0.5, 0.6) is 5.75 Å². The van der Waals surface area contributed by atoms with Crippen molar-refractivity contribution in [3.8, 4) is 5.75 Å². The Kier molecular flexibility index (Phi) is 3.42. The number of nitrogen functional groups attached to an aromatic ring is 1. The van der Waals surface area contributed by atoms with Crippen molar-refractivity contribution >= 4 is 17.3 Å². The van der Waals surface area contributed by atoms with E-state index >= 15 is 0 Å². The van der Waals surface area contributed by atoms with Crippen LogP contribution in [0.25, 0.3) is 0 Å². The molecule has 1 amide bonds. The summed E-state index contributed by atoms with van der Waals surface area (Å²) >= 11 is 0. The SMILES string of the molecule is Cc1ccccc1N(C)C(=O)c1ccc(N)c(O)c1. The van der Waals surface area contributed by atoms with Crippen LogP contribution in [0.15, 0.2) is 42.5 Å². The number of nitrogens with two attached hydrogens (primary N) is 1. The van der Waals surface area contributed by atoms with E-state index in [4.69, 9.17) is 5.73 Å². The number of phenols is 1. The summed E-state index contributed by atoms with van der Waals surface area (Å²) < 4.78 is 0. The van der Waals surface area contributed by atoms with Gasteiger partial charge in [-0.1, -0.05) is 18.2 Å². The fourth-order valence-electron chi connectivity index (χ4n) is 1.92. The molecule has 3 N–H and O–H groups in total. The number of aryl methyl sites for hydroxylation is 1. The summed E-state index contributed by atoms with van der Waals surface area (Å²) in [4.78, 5) is 13.9. The van der Waals surface area contributed by atoms with Gasteiger partial charge in [-0.25, -0.2) is 0 Å². The summed E-state index contributed by atoms with van der Waals surface area (Å²) in [5.41, 5.74) is 8.03. The highest BCUT2D eigenvalue weighted by molar-refractivity contribution is 6.06. The van der Waals surface area contributed by atoms with E-state index in [1.54, 1.807) is 18.0 Å². The van der Waals surface area contributed by atoms with Gasteiger partial charge in [0.2, 0.25) is 0 Å². The van der Waals surface area contributed by atoms with Gasteiger partial charge in [0.15, 0.2) is 0 Å². The van der Waals surface area contributed by atoms with Crippen LogP contribution in [0.1, 0.15) is 15.9 Å². The van der Waals surface area contributed by atoms with Crippen LogP contribution in [0.3, 0.4) is 0 Å². The van der Waals surface area contributed by atoms with Gasteiger partial charge in [0.05, 0.1) is 5.69 Å². The monoisotopic (exact) mass is 256 g/mol. The van der Waals surface area contributed by atoms with Gasteiger partial charge in [-0.05, 0) is 36.8 Å². The van der Waals surface area contributed by atoms with Gasteiger partial charge in [0, 0.05) is 18.3 Å².